The van der Waals surface area contributed by atoms with Gasteiger partial charge in [-0.25, -0.2) is 0 Å². The number of benzene rings is 1. The number of hydrogen-bond donors (Lipinski definition) is 1. The molecule has 0 fully saturated rings. The fraction of sp³-hybridized carbons (Fsp3) is 0.154. The molecule has 1 amide bonds. The summed E-state index contributed by atoms with van der Waals surface area (Å²) in [6, 6.07) is 7.51. The van der Waals surface area contributed by atoms with Crippen LogP contribution in [-0.2, 0) is 0 Å². The number of hydrogen-bond acceptors (Lipinski definition) is 3. The van der Waals surface area contributed by atoms with Crippen LogP contribution in [0.5, 0.6) is 5.75 Å². The van der Waals surface area contributed by atoms with Crippen LogP contribution in [0, 0.1) is 6.92 Å². The molecular formula is C13H12BrNO2S. The zero-order chi connectivity index (χ0) is 13.1. The lowest BCUT2D eigenvalue weighted by Gasteiger charge is -2.07. The molecule has 2 rings (SSSR count). The van der Waals surface area contributed by atoms with Crippen molar-refractivity contribution in [3.63, 3.8) is 0 Å². The highest BCUT2D eigenvalue weighted by molar-refractivity contribution is 9.10. The molecule has 1 aromatic heterocycles. The summed E-state index contributed by atoms with van der Waals surface area (Å²) in [6.45, 7) is 1.96. The second-order valence-electron chi connectivity index (χ2n) is 3.76. The van der Waals surface area contributed by atoms with Crippen molar-refractivity contribution in [2.45, 2.75) is 6.92 Å². The number of rotatable bonds is 3. The van der Waals surface area contributed by atoms with Gasteiger partial charge >= 0.3 is 0 Å². The van der Waals surface area contributed by atoms with Crippen LogP contribution < -0.4 is 10.1 Å². The van der Waals surface area contributed by atoms with Gasteiger partial charge in [0, 0.05) is 21.6 Å². The van der Waals surface area contributed by atoms with Crippen molar-refractivity contribution in [3.05, 3.63) is 44.6 Å². The first kappa shape index (κ1) is 13.1. The molecule has 18 heavy (non-hydrogen) atoms. The van der Waals surface area contributed by atoms with Crippen LogP contribution >= 0.6 is 27.3 Å². The van der Waals surface area contributed by atoms with E-state index in [0.717, 1.165) is 15.7 Å². The molecule has 0 saturated heterocycles. The van der Waals surface area contributed by atoms with Crippen LogP contribution in [0.25, 0.3) is 0 Å². The van der Waals surface area contributed by atoms with Gasteiger partial charge in [-0.2, -0.15) is 0 Å². The molecule has 0 bridgehead atoms. The van der Waals surface area contributed by atoms with Gasteiger partial charge < -0.3 is 10.1 Å². The lowest BCUT2D eigenvalue weighted by atomic mass is 10.2. The summed E-state index contributed by atoms with van der Waals surface area (Å²) in [4.78, 5) is 12.7. The number of thiophene rings is 1. The molecule has 2 aromatic rings. The average Bonchev–Trinajstić information content (AvgIpc) is 2.82. The lowest BCUT2D eigenvalue weighted by molar-refractivity contribution is 0.103. The molecule has 0 aliphatic heterocycles. The highest BCUT2D eigenvalue weighted by Crippen LogP contribution is 2.24. The summed E-state index contributed by atoms with van der Waals surface area (Å²) < 4.78 is 6.00. The number of halogens is 1. The fourth-order valence-corrected chi connectivity index (χ4v) is 2.57. The van der Waals surface area contributed by atoms with E-state index in [1.54, 1.807) is 13.2 Å². The largest absolute Gasteiger partial charge is 0.496 e. The second kappa shape index (κ2) is 5.54. The normalized spacial score (nSPS) is 10.2. The summed E-state index contributed by atoms with van der Waals surface area (Å²) in [7, 11) is 1.59. The van der Waals surface area contributed by atoms with E-state index < -0.39 is 0 Å². The minimum Gasteiger partial charge on any atom is -0.496 e. The highest BCUT2D eigenvalue weighted by atomic mass is 79.9. The molecule has 3 nitrogen and oxygen atoms in total. The monoisotopic (exact) mass is 325 g/mol. The summed E-state index contributed by atoms with van der Waals surface area (Å²) in [6.07, 6.45) is 0. The Morgan fingerprint density at radius 3 is 2.83 bits per heavy atom. The first-order chi connectivity index (χ1) is 8.60. The molecule has 1 aromatic carbocycles. The molecule has 0 aliphatic rings. The van der Waals surface area contributed by atoms with Crippen molar-refractivity contribution in [1.82, 2.24) is 0 Å². The van der Waals surface area contributed by atoms with E-state index >= 15 is 0 Å². The molecule has 0 aliphatic carbocycles. The molecule has 0 spiro atoms. The van der Waals surface area contributed by atoms with E-state index in [-0.39, 0.29) is 5.91 Å². The quantitative estimate of drug-likeness (QED) is 0.923. The number of anilines is 1. The van der Waals surface area contributed by atoms with Gasteiger partial charge in [0.05, 0.1) is 12.0 Å². The minimum atomic E-state index is -0.121. The maximum Gasteiger partial charge on any atom is 0.265 e. The first-order valence-electron chi connectivity index (χ1n) is 5.30. The third-order valence-electron chi connectivity index (χ3n) is 2.48. The Balaban J connectivity index is 2.18. The number of ether oxygens (including phenoxy) is 1. The first-order valence-corrected chi connectivity index (χ1v) is 6.97. The number of amides is 1. The number of methoxy groups -OCH3 is 1. The van der Waals surface area contributed by atoms with Crippen molar-refractivity contribution in [3.8, 4) is 5.75 Å². The van der Waals surface area contributed by atoms with Crippen LogP contribution in [0.15, 0.2) is 34.1 Å². The van der Waals surface area contributed by atoms with Gasteiger partial charge in [0.25, 0.3) is 5.91 Å². The van der Waals surface area contributed by atoms with E-state index in [0.29, 0.717) is 10.6 Å². The fourth-order valence-electron chi connectivity index (χ4n) is 1.46. The highest BCUT2D eigenvalue weighted by Gasteiger charge is 2.11. The molecule has 1 N–H and O–H groups in total. The second-order valence-corrected chi connectivity index (χ2v) is 5.59. The third kappa shape index (κ3) is 2.91. The number of carbonyl (C=O) groups is 1. The zero-order valence-corrected chi connectivity index (χ0v) is 12.4. The van der Waals surface area contributed by atoms with Crippen molar-refractivity contribution in [1.29, 1.82) is 0 Å². The smallest absolute Gasteiger partial charge is 0.265 e. The SMILES string of the molecule is COc1csc(C(=O)Nc2cc(Br)ccc2C)c1. The average molecular weight is 326 g/mol. The van der Waals surface area contributed by atoms with E-state index in [1.165, 1.54) is 11.3 Å². The predicted octanol–water partition coefficient (Wildman–Crippen LogP) is 4.08. The number of aryl methyl sites for hydroxylation is 1. The van der Waals surface area contributed by atoms with Crippen molar-refractivity contribution < 1.29 is 9.53 Å². The standard InChI is InChI=1S/C13H12BrNO2S/c1-8-3-4-9(14)5-11(8)15-13(16)12-6-10(17-2)7-18-12/h3-7H,1-2H3,(H,15,16). The maximum atomic E-state index is 12.0. The van der Waals surface area contributed by atoms with Crippen molar-refractivity contribution in [2.24, 2.45) is 0 Å². The van der Waals surface area contributed by atoms with Crippen LogP contribution in [0.1, 0.15) is 15.2 Å². The Morgan fingerprint density at radius 1 is 1.39 bits per heavy atom. The number of nitrogens with one attached hydrogen (secondary N) is 1. The van der Waals surface area contributed by atoms with Gasteiger partial charge in [0.2, 0.25) is 0 Å². The third-order valence-corrected chi connectivity index (χ3v) is 3.88. The number of carbonyl (C=O) groups excluding carboxylic acids is 1. The Morgan fingerprint density at radius 2 is 2.17 bits per heavy atom. The van der Waals surface area contributed by atoms with Gasteiger partial charge in [-0.1, -0.05) is 22.0 Å². The van der Waals surface area contributed by atoms with E-state index in [1.807, 2.05) is 30.5 Å². The van der Waals surface area contributed by atoms with Gasteiger partial charge in [-0.05, 0) is 24.6 Å². The molecule has 0 unspecified atom stereocenters. The summed E-state index contributed by atoms with van der Waals surface area (Å²) in [5, 5.41) is 4.70. The van der Waals surface area contributed by atoms with Gasteiger partial charge in [0.1, 0.15) is 5.75 Å². The molecule has 0 saturated carbocycles. The molecular weight excluding hydrogens is 314 g/mol. The van der Waals surface area contributed by atoms with Gasteiger partial charge in [0.15, 0.2) is 0 Å². The Hall–Kier alpha value is -1.33. The van der Waals surface area contributed by atoms with E-state index in [4.69, 9.17) is 4.74 Å². The van der Waals surface area contributed by atoms with Crippen molar-refractivity contribution in [2.75, 3.05) is 12.4 Å². The topological polar surface area (TPSA) is 38.3 Å². The maximum absolute atomic E-state index is 12.0. The van der Waals surface area contributed by atoms with Gasteiger partial charge in [-0.3, -0.25) is 4.79 Å². The van der Waals surface area contributed by atoms with Crippen LogP contribution in [0.2, 0.25) is 0 Å². The van der Waals surface area contributed by atoms with E-state index in [9.17, 15) is 4.79 Å². The lowest BCUT2D eigenvalue weighted by Crippen LogP contribution is -2.11. The molecule has 0 atom stereocenters. The van der Waals surface area contributed by atoms with E-state index in [2.05, 4.69) is 21.2 Å². The molecule has 1 heterocycles. The summed E-state index contributed by atoms with van der Waals surface area (Å²) >= 11 is 4.75. The molecule has 0 radical (unpaired) electrons. The Bertz CT molecular complexity index is 580. The Labute approximate surface area is 118 Å². The van der Waals surface area contributed by atoms with Crippen LogP contribution in [0.4, 0.5) is 5.69 Å². The molecule has 5 heteroatoms. The van der Waals surface area contributed by atoms with Crippen LogP contribution in [0.3, 0.4) is 0 Å². The minimum absolute atomic E-state index is 0.121. The zero-order valence-electron chi connectivity index (χ0n) is 9.99. The van der Waals surface area contributed by atoms with Crippen molar-refractivity contribution >= 4 is 38.9 Å². The summed E-state index contributed by atoms with van der Waals surface area (Å²) in [5.74, 6) is 0.584. The van der Waals surface area contributed by atoms with Gasteiger partial charge in [-0.15, -0.1) is 11.3 Å². The predicted molar refractivity (Wildman–Crippen MR) is 77.7 cm³/mol. The van der Waals surface area contributed by atoms with Crippen LogP contribution in [-0.4, -0.2) is 13.0 Å². The Kier molecular flexibility index (Phi) is 4.04. The molecule has 94 valence electrons. The summed E-state index contributed by atoms with van der Waals surface area (Å²) in [5.41, 5.74) is 1.83.